The molecule has 32 heavy (non-hydrogen) atoms. The Morgan fingerprint density at radius 2 is 2.19 bits per heavy atom. The summed E-state index contributed by atoms with van der Waals surface area (Å²) in [6, 6.07) is 5.47. The van der Waals surface area contributed by atoms with Crippen molar-refractivity contribution in [3.63, 3.8) is 0 Å². The van der Waals surface area contributed by atoms with Gasteiger partial charge in [0.05, 0.1) is 18.1 Å². The standard InChI is InChI=1S/C23H27N5O4/c1-4-25-21(29)17(13-24)12-18-20(26-19-15(3)8-6-11-28(19)22(18)30)27-10-7-9-16(14-27)23(31)32-5-2/h6,8,11-12,16H,4-5,7,9-10,14H2,1-3H3,(H,25,29)/b17-12+/t16-/m0/s1. The summed E-state index contributed by atoms with van der Waals surface area (Å²) < 4.78 is 6.60. The molecule has 1 atom stereocenters. The third-order valence-electron chi connectivity index (χ3n) is 5.40. The van der Waals surface area contributed by atoms with Crippen LogP contribution >= 0.6 is 0 Å². The number of rotatable bonds is 6. The van der Waals surface area contributed by atoms with Crippen LogP contribution in [0.3, 0.4) is 0 Å². The molecule has 2 aromatic heterocycles. The Kier molecular flexibility index (Phi) is 7.25. The lowest BCUT2D eigenvalue weighted by Crippen LogP contribution is -2.41. The van der Waals surface area contributed by atoms with Gasteiger partial charge in [0.2, 0.25) is 0 Å². The number of aromatic nitrogens is 2. The van der Waals surface area contributed by atoms with Gasteiger partial charge in [0, 0.05) is 25.8 Å². The van der Waals surface area contributed by atoms with Crippen LogP contribution in [0.1, 0.15) is 37.8 Å². The fourth-order valence-electron chi connectivity index (χ4n) is 3.84. The molecular formula is C23H27N5O4. The van der Waals surface area contributed by atoms with Crippen LogP contribution in [0.5, 0.6) is 0 Å². The monoisotopic (exact) mass is 437 g/mol. The van der Waals surface area contributed by atoms with Gasteiger partial charge in [-0.3, -0.25) is 18.8 Å². The second-order valence-electron chi connectivity index (χ2n) is 7.61. The number of piperidine rings is 1. The lowest BCUT2D eigenvalue weighted by Gasteiger charge is -2.33. The average molecular weight is 438 g/mol. The predicted molar refractivity (Wildman–Crippen MR) is 120 cm³/mol. The van der Waals surface area contributed by atoms with E-state index in [1.54, 1.807) is 26.1 Å². The molecule has 2 aromatic rings. The maximum atomic E-state index is 13.4. The number of likely N-dealkylation sites (N-methyl/N-ethyl adjacent to an activating group) is 1. The molecule has 1 aliphatic rings. The van der Waals surface area contributed by atoms with Crippen LogP contribution in [0.4, 0.5) is 5.82 Å². The molecule has 9 nitrogen and oxygen atoms in total. The molecule has 0 radical (unpaired) electrons. The number of hydrogen-bond acceptors (Lipinski definition) is 7. The van der Waals surface area contributed by atoms with Crippen LogP contribution in [0.25, 0.3) is 11.7 Å². The Morgan fingerprint density at radius 3 is 2.88 bits per heavy atom. The summed E-state index contributed by atoms with van der Waals surface area (Å²) in [7, 11) is 0. The van der Waals surface area contributed by atoms with Crippen LogP contribution < -0.4 is 15.8 Å². The number of nitriles is 1. The Balaban J connectivity index is 2.18. The fourth-order valence-corrected chi connectivity index (χ4v) is 3.84. The summed E-state index contributed by atoms with van der Waals surface area (Å²) in [4.78, 5) is 44.7. The van der Waals surface area contributed by atoms with Crippen molar-refractivity contribution < 1.29 is 14.3 Å². The molecule has 0 bridgehead atoms. The van der Waals surface area contributed by atoms with Crippen LogP contribution in [0.15, 0.2) is 28.7 Å². The second-order valence-corrected chi connectivity index (χ2v) is 7.61. The zero-order valence-corrected chi connectivity index (χ0v) is 18.6. The first kappa shape index (κ1) is 23.0. The number of aryl methyl sites for hydroxylation is 1. The molecule has 3 rings (SSSR count). The number of nitrogens with one attached hydrogen (secondary N) is 1. The lowest BCUT2D eigenvalue weighted by atomic mass is 9.97. The zero-order chi connectivity index (χ0) is 23.3. The molecule has 0 unspecified atom stereocenters. The number of carbonyl (C=O) groups is 2. The molecule has 0 spiro atoms. The van der Waals surface area contributed by atoms with Gasteiger partial charge in [-0.25, -0.2) is 4.98 Å². The number of amides is 1. The van der Waals surface area contributed by atoms with Gasteiger partial charge >= 0.3 is 5.97 Å². The Morgan fingerprint density at radius 1 is 1.41 bits per heavy atom. The summed E-state index contributed by atoms with van der Waals surface area (Å²) >= 11 is 0. The number of carbonyl (C=O) groups excluding carboxylic acids is 2. The van der Waals surface area contributed by atoms with Crippen molar-refractivity contribution in [2.24, 2.45) is 5.92 Å². The first-order valence-corrected chi connectivity index (χ1v) is 10.7. The van der Waals surface area contributed by atoms with E-state index in [2.05, 4.69) is 5.32 Å². The van der Waals surface area contributed by atoms with Crippen molar-refractivity contribution >= 4 is 29.4 Å². The maximum Gasteiger partial charge on any atom is 0.310 e. The smallest absolute Gasteiger partial charge is 0.310 e. The first-order valence-electron chi connectivity index (χ1n) is 10.7. The third kappa shape index (κ3) is 4.64. The highest BCUT2D eigenvalue weighted by Crippen LogP contribution is 2.26. The molecule has 1 N–H and O–H groups in total. The van der Waals surface area contributed by atoms with E-state index in [0.29, 0.717) is 44.1 Å². The van der Waals surface area contributed by atoms with E-state index >= 15 is 0 Å². The summed E-state index contributed by atoms with van der Waals surface area (Å²) in [5.41, 5.74) is 0.868. The first-order chi connectivity index (χ1) is 15.4. The van der Waals surface area contributed by atoms with Gasteiger partial charge in [-0.2, -0.15) is 5.26 Å². The number of nitrogens with zero attached hydrogens (tertiary/aromatic N) is 4. The zero-order valence-electron chi connectivity index (χ0n) is 18.6. The average Bonchev–Trinajstić information content (AvgIpc) is 2.79. The maximum absolute atomic E-state index is 13.4. The quantitative estimate of drug-likeness (QED) is 0.416. The van der Waals surface area contributed by atoms with Crippen LogP contribution in [0.2, 0.25) is 0 Å². The van der Waals surface area contributed by atoms with Gasteiger partial charge in [0.25, 0.3) is 11.5 Å². The van der Waals surface area contributed by atoms with E-state index in [1.807, 2.05) is 24.0 Å². The van der Waals surface area contributed by atoms with E-state index in [-0.39, 0.29) is 28.6 Å². The van der Waals surface area contributed by atoms with Gasteiger partial charge in [-0.05, 0) is 51.3 Å². The van der Waals surface area contributed by atoms with Crippen molar-refractivity contribution in [1.82, 2.24) is 14.7 Å². The summed E-state index contributed by atoms with van der Waals surface area (Å²) in [5, 5.41) is 12.1. The van der Waals surface area contributed by atoms with Crippen molar-refractivity contribution in [2.75, 3.05) is 31.1 Å². The summed E-state index contributed by atoms with van der Waals surface area (Å²) in [6.45, 7) is 6.96. The number of ether oxygens (including phenoxy) is 1. The highest BCUT2D eigenvalue weighted by molar-refractivity contribution is 6.02. The Bertz CT molecular complexity index is 1160. The molecular weight excluding hydrogens is 410 g/mol. The van der Waals surface area contributed by atoms with Gasteiger partial charge in [0.15, 0.2) is 0 Å². The molecule has 0 saturated carbocycles. The van der Waals surface area contributed by atoms with Crippen molar-refractivity contribution in [1.29, 1.82) is 5.26 Å². The van der Waals surface area contributed by atoms with Crippen molar-refractivity contribution in [3.8, 4) is 6.07 Å². The minimum atomic E-state index is -0.558. The van der Waals surface area contributed by atoms with E-state index in [4.69, 9.17) is 9.72 Å². The minimum absolute atomic E-state index is 0.139. The summed E-state index contributed by atoms with van der Waals surface area (Å²) in [5.74, 6) is -0.812. The number of hydrogen-bond donors (Lipinski definition) is 1. The van der Waals surface area contributed by atoms with E-state index < -0.39 is 5.91 Å². The van der Waals surface area contributed by atoms with Gasteiger partial charge in [-0.15, -0.1) is 0 Å². The van der Waals surface area contributed by atoms with Gasteiger partial charge < -0.3 is 15.0 Å². The third-order valence-corrected chi connectivity index (χ3v) is 5.40. The van der Waals surface area contributed by atoms with Gasteiger partial charge in [0.1, 0.15) is 23.1 Å². The SMILES string of the molecule is CCNC(=O)/C(C#N)=C/c1c(N2CCC[C@H](C(=O)OCC)C2)nc2c(C)cccn2c1=O. The molecule has 0 aromatic carbocycles. The largest absolute Gasteiger partial charge is 0.466 e. The number of anilines is 1. The van der Waals surface area contributed by atoms with Crippen LogP contribution in [0, 0.1) is 24.2 Å². The summed E-state index contributed by atoms with van der Waals surface area (Å²) in [6.07, 6.45) is 4.31. The van der Waals surface area contributed by atoms with Crippen molar-refractivity contribution in [2.45, 2.75) is 33.6 Å². The molecule has 3 heterocycles. The van der Waals surface area contributed by atoms with E-state index in [0.717, 1.165) is 12.0 Å². The molecule has 1 saturated heterocycles. The molecule has 1 fully saturated rings. The highest BCUT2D eigenvalue weighted by Gasteiger charge is 2.30. The lowest BCUT2D eigenvalue weighted by molar-refractivity contribution is -0.148. The topological polar surface area (TPSA) is 117 Å². The van der Waals surface area contributed by atoms with Crippen LogP contribution in [-0.2, 0) is 14.3 Å². The molecule has 1 aliphatic heterocycles. The molecule has 0 aliphatic carbocycles. The van der Waals surface area contributed by atoms with E-state index in [9.17, 15) is 19.6 Å². The fraction of sp³-hybridized carbons (Fsp3) is 0.435. The molecule has 1 amide bonds. The molecule has 9 heteroatoms. The minimum Gasteiger partial charge on any atom is -0.466 e. The number of fused-ring (bicyclic) bond motifs is 1. The second kappa shape index (κ2) is 10.1. The van der Waals surface area contributed by atoms with Gasteiger partial charge in [-0.1, -0.05) is 6.07 Å². The van der Waals surface area contributed by atoms with E-state index in [1.165, 1.54) is 10.5 Å². The highest BCUT2D eigenvalue weighted by atomic mass is 16.5. The Labute approximate surface area is 186 Å². The normalized spacial score (nSPS) is 16.5. The molecule has 168 valence electrons. The Hall–Kier alpha value is -3.67. The van der Waals surface area contributed by atoms with Crippen LogP contribution in [-0.4, -0.2) is 47.5 Å². The number of pyridine rings is 1. The predicted octanol–water partition coefficient (Wildman–Crippen LogP) is 1.83. The number of esters is 1. The van der Waals surface area contributed by atoms with Crippen molar-refractivity contribution in [3.05, 3.63) is 45.4 Å².